The zero-order valence-corrected chi connectivity index (χ0v) is 9.54. The van der Waals surface area contributed by atoms with Crippen molar-refractivity contribution in [3.05, 3.63) is 29.3 Å². The van der Waals surface area contributed by atoms with Crippen molar-refractivity contribution in [1.29, 1.82) is 0 Å². The smallest absolute Gasteiger partial charge is 0.339 e. The molecule has 1 rings (SSSR count). The molecule has 0 amide bonds. The van der Waals surface area contributed by atoms with Crippen LogP contribution in [0, 0.1) is 11.8 Å². The molecule has 16 heavy (non-hydrogen) atoms. The molecule has 0 unspecified atom stereocenters. The Labute approximate surface area is 99.0 Å². The molecule has 0 heterocycles. The zero-order chi connectivity index (χ0) is 12.0. The Morgan fingerprint density at radius 3 is 2.88 bits per heavy atom. The average molecular weight is 239 g/mol. The topological polar surface area (TPSA) is 46.5 Å². The minimum Gasteiger partial charge on any atom is -0.495 e. The highest BCUT2D eigenvalue weighted by Gasteiger charge is 2.12. The maximum absolute atomic E-state index is 10.9. The van der Waals surface area contributed by atoms with E-state index >= 15 is 0 Å². The second-order valence-electron chi connectivity index (χ2n) is 2.93. The predicted octanol–water partition coefficient (Wildman–Crippen LogP) is 2.37. The molecule has 0 saturated heterocycles. The van der Waals surface area contributed by atoms with Gasteiger partial charge in [-0.15, -0.1) is 11.6 Å². The molecule has 0 spiro atoms. The van der Waals surface area contributed by atoms with Crippen LogP contribution in [0.5, 0.6) is 5.75 Å². The van der Waals surface area contributed by atoms with Gasteiger partial charge in [-0.3, -0.25) is 0 Å². The van der Waals surface area contributed by atoms with Gasteiger partial charge in [-0.2, -0.15) is 0 Å². The summed E-state index contributed by atoms with van der Waals surface area (Å²) in [6.07, 6.45) is 0.558. The number of para-hydroxylation sites is 1. The van der Waals surface area contributed by atoms with Crippen molar-refractivity contribution < 1.29 is 14.6 Å². The molecule has 1 aromatic carbocycles. The minimum atomic E-state index is -1.03. The number of benzene rings is 1. The molecule has 0 aromatic heterocycles. The molecule has 0 aliphatic rings. The van der Waals surface area contributed by atoms with Crippen molar-refractivity contribution in [1.82, 2.24) is 0 Å². The normalized spacial score (nSPS) is 9.12. The molecule has 0 atom stereocenters. The van der Waals surface area contributed by atoms with E-state index in [4.69, 9.17) is 21.4 Å². The molecule has 4 heteroatoms. The van der Waals surface area contributed by atoms with Crippen LogP contribution >= 0.6 is 11.6 Å². The highest BCUT2D eigenvalue weighted by molar-refractivity contribution is 6.18. The standard InChI is InChI=1S/C12H11ClO3/c1-16-11-9(5-2-3-8-13)6-4-7-10(11)12(14)15/h4,6-7H,3,8H2,1H3,(H,14,15). The van der Waals surface area contributed by atoms with Crippen LogP contribution in [0.2, 0.25) is 0 Å². The van der Waals surface area contributed by atoms with Crippen molar-refractivity contribution >= 4 is 17.6 Å². The summed E-state index contributed by atoms with van der Waals surface area (Å²) in [6, 6.07) is 4.83. The summed E-state index contributed by atoms with van der Waals surface area (Å²) in [5, 5.41) is 8.94. The SMILES string of the molecule is COc1c(C#CCCCl)cccc1C(=O)O. The number of rotatable bonds is 3. The second kappa shape index (κ2) is 6.04. The summed E-state index contributed by atoms with van der Waals surface area (Å²) in [6.45, 7) is 0. The number of hydrogen-bond donors (Lipinski definition) is 1. The number of carbonyl (C=O) groups is 1. The fourth-order valence-electron chi connectivity index (χ4n) is 1.23. The lowest BCUT2D eigenvalue weighted by atomic mass is 10.1. The van der Waals surface area contributed by atoms with Crippen LogP contribution in [0.1, 0.15) is 22.3 Å². The van der Waals surface area contributed by atoms with Gasteiger partial charge in [0.05, 0.1) is 12.7 Å². The van der Waals surface area contributed by atoms with Gasteiger partial charge >= 0.3 is 5.97 Å². The molecule has 0 fully saturated rings. The van der Waals surface area contributed by atoms with E-state index in [0.717, 1.165) is 0 Å². The van der Waals surface area contributed by atoms with Gasteiger partial charge in [-0.25, -0.2) is 4.79 Å². The average Bonchev–Trinajstić information content (AvgIpc) is 2.29. The fourth-order valence-corrected chi connectivity index (χ4v) is 1.32. The first-order valence-electron chi connectivity index (χ1n) is 4.65. The summed E-state index contributed by atoms with van der Waals surface area (Å²) in [5.74, 6) is 5.39. The van der Waals surface area contributed by atoms with Crippen LogP contribution < -0.4 is 4.74 Å². The van der Waals surface area contributed by atoms with Crippen LogP contribution in [-0.4, -0.2) is 24.1 Å². The Kier molecular flexibility index (Phi) is 4.68. The third kappa shape index (κ3) is 2.91. The quantitative estimate of drug-likeness (QED) is 0.650. The lowest BCUT2D eigenvalue weighted by Gasteiger charge is -2.06. The van der Waals surface area contributed by atoms with E-state index in [9.17, 15) is 4.79 Å². The van der Waals surface area contributed by atoms with Crippen LogP contribution in [0.25, 0.3) is 0 Å². The third-order valence-electron chi connectivity index (χ3n) is 1.89. The van der Waals surface area contributed by atoms with E-state index in [-0.39, 0.29) is 11.3 Å². The largest absolute Gasteiger partial charge is 0.495 e. The third-order valence-corrected chi connectivity index (χ3v) is 2.08. The summed E-state index contributed by atoms with van der Waals surface area (Å²) in [4.78, 5) is 10.9. The van der Waals surface area contributed by atoms with E-state index < -0.39 is 5.97 Å². The summed E-state index contributed by atoms with van der Waals surface area (Å²) in [5.41, 5.74) is 0.674. The zero-order valence-electron chi connectivity index (χ0n) is 8.79. The summed E-state index contributed by atoms with van der Waals surface area (Å²) >= 11 is 5.50. The monoisotopic (exact) mass is 238 g/mol. The highest BCUT2D eigenvalue weighted by Crippen LogP contribution is 2.22. The molecule has 3 nitrogen and oxygen atoms in total. The Hall–Kier alpha value is -1.66. The maximum Gasteiger partial charge on any atom is 0.339 e. The Morgan fingerprint density at radius 2 is 2.31 bits per heavy atom. The first kappa shape index (κ1) is 12.4. The van der Waals surface area contributed by atoms with Gasteiger partial charge in [0.2, 0.25) is 0 Å². The molecular formula is C12H11ClO3. The van der Waals surface area contributed by atoms with E-state index in [1.54, 1.807) is 12.1 Å². The van der Waals surface area contributed by atoms with Gasteiger partial charge in [0.15, 0.2) is 0 Å². The fraction of sp³-hybridized carbons (Fsp3) is 0.250. The number of methoxy groups -OCH3 is 1. The van der Waals surface area contributed by atoms with Crippen LogP contribution in [-0.2, 0) is 0 Å². The number of carboxylic acids is 1. The molecular weight excluding hydrogens is 228 g/mol. The number of carboxylic acid groups (broad SMARTS) is 1. The van der Waals surface area contributed by atoms with Gasteiger partial charge < -0.3 is 9.84 Å². The highest BCUT2D eigenvalue weighted by atomic mass is 35.5. The van der Waals surface area contributed by atoms with Crippen LogP contribution in [0.15, 0.2) is 18.2 Å². The summed E-state index contributed by atoms with van der Waals surface area (Å²) < 4.78 is 5.05. The van der Waals surface area contributed by atoms with Crippen molar-refractivity contribution in [2.45, 2.75) is 6.42 Å². The van der Waals surface area contributed by atoms with Crippen LogP contribution in [0.3, 0.4) is 0 Å². The van der Waals surface area contributed by atoms with Crippen molar-refractivity contribution in [3.63, 3.8) is 0 Å². The summed E-state index contributed by atoms with van der Waals surface area (Å²) in [7, 11) is 1.43. The molecule has 0 aliphatic heterocycles. The molecule has 0 aliphatic carbocycles. The van der Waals surface area contributed by atoms with Gasteiger partial charge in [0.25, 0.3) is 0 Å². The van der Waals surface area contributed by atoms with Gasteiger partial charge in [-0.1, -0.05) is 17.9 Å². The molecule has 1 aromatic rings. The predicted molar refractivity (Wildman–Crippen MR) is 62.2 cm³/mol. The maximum atomic E-state index is 10.9. The molecule has 84 valence electrons. The Bertz CT molecular complexity index is 443. The molecule has 0 bridgehead atoms. The number of alkyl halides is 1. The Morgan fingerprint density at radius 1 is 1.56 bits per heavy atom. The number of aromatic carboxylic acids is 1. The lowest BCUT2D eigenvalue weighted by molar-refractivity contribution is 0.0693. The van der Waals surface area contributed by atoms with E-state index in [1.165, 1.54) is 13.2 Å². The number of halogens is 1. The van der Waals surface area contributed by atoms with Crippen molar-refractivity contribution in [2.24, 2.45) is 0 Å². The molecule has 0 radical (unpaired) electrons. The Balaban J connectivity index is 3.15. The first-order chi connectivity index (χ1) is 7.70. The van der Waals surface area contributed by atoms with E-state index in [0.29, 0.717) is 17.9 Å². The van der Waals surface area contributed by atoms with Crippen molar-refractivity contribution in [3.8, 4) is 17.6 Å². The second-order valence-corrected chi connectivity index (χ2v) is 3.31. The minimum absolute atomic E-state index is 0.111. The van der Waals surface area contributed by atoms with Crippen LogP contribution in [0.4, 0.5) is 0 Å². The first-order valence-corrected chi connectivity index (χ1v) is 5.19. The van der Waals surface area contributed by atoms with E-state index in [1.807, 2.05) is 0 Å². The van der Waals surface area contributed by atoms with Crippen molar-refractivity contribution in [2.75, 3.05) is 13.0 Å². The molecule has 1 N–H and O–H groups in total. The van der Waals surface area contributed by atoms with E-state index in [2.05, 4.69) is 11.8 Å². The van der Waals surface area contributed by atoms with Gasteiger partial charge in [0.1, 0.15) is 11.3 Å². The number of ether oxygens (including phenoxy) is 1. The van der Waals surface area contributed by atoms with Gasteiger partial charge in [-0.05, 0) is 12.1 Å². The number of hydrogen-bond acceptors (Lipinski definition) is 2. The molecule has 0 saturated carbocycles. The lowest BCUT2D eigenvalue weighted by Crippen LogP contribution is -2.01. The van der Waals surface area contributed by atoms with Gasteiger partial charge in [0, 0.05) is 12.3 Å².